The molecule has 1 unspecified atom stereocenters. The molecule has 0 radical (unpaired) electrons. The second kappa shape index (κ2) is 11.0. The molecule has 2 aromatic carbocycles. The van der Waals surface area contributed by atoms with Crippen molar-refractivity contribution in [1.82, 2.24) is 19.5 Å². The fraction of sp³-hybridized carbons (Fsp3) is 0.227. The van der Waals surface area contributed by atoms with Gasteiger partial charge in [0.05, 0.1) is 12.9 Å². The van der Waals surface area contributed by atoms with Gasteiger partial charge in [0.25, 0.3) is 0 Å². The Balaban J connectivity index is 1.61. The van der Waals surface area contributed by atoms with E-state index in [9.17, 15) is 24.2 Å². The molecular weight excluding hydrogens is 522 g/mol. The third-order valence-electron chi connectivity index (χ3n) is 5.32. The van der Waals surface area contributed by atoms with Crippen molar-refractivity contribution in [3.8, 4) is 5.75 Å². The van der Waals surface area contributed by atoms with Gasteiger partial charge in [0.1, 0.15) is 11.7 Å². The Kier molecular flexibility index (Phi) is 7.93. The lowest BCUT2D eigenvalue weighted by Crippen LogP contribution is -2.11. The fourth-order valence-corrected chi connectivity index (χ4v) is 6.91. The van der Waals surface area contributed by atoms with Crippen molar-refractivity contribution >= 4 is 48.9 Å². The Bertz CT molecular complexity index is 1490. The van der Waals surface area contributed by atoms with E-state index in [1.54, 1.807) is 24.5 Å². The van der Waals surface area contributed by atoms with Crippen LogP contribution in [0.1, 0.15) is 5.56 Å². The summed E-state index contributed by atoms with van der Waals surface area (Å²) in [7, 11) is -8.92. The minimum Gasteiger partial charge on any atom is -0.508 e. The summed E-state index contributed by atoms with van der Waals surface area (Å²) in [5.74, 6) is -0.361. The van der Waals surface area contributed by atoms with E-state index in [0.717, 1.165) is 5.56 Å². The summed E-state index contributed by atoms with van der Waals surface area (Å²) >= 11 is 0. The number of imidazole rings is 1. The van der Waals surface area contributed by atoms with Crippen LogP contribution in [0.4, 0.5) is 17.5 Å². The van der Waals surface area contributed by atoms with Crippen molar-refractivity contribution in [3.05, 3.63) is 60.4 Å². The van der Waals surface area contributed by atoms with E-state index in [4.69, 9.17) is 9.79 Å². The van der Waals surface area contributed by atoms with E-state index in [-0.39, 0.29) is 30.2 Å². The number of rotatable bonds is 11. The maximum absolute atomic E-state index is 12.4. The van der Waals surface area contributed by atoms with Crippen LogP contribution in [0.5, 0.6) is 5.75 Å². The highest BCUT2D eigenvalue weighted by molar-refractivity contribution is 7.77. The van der Waals surface area contributed by atoms with Gasteiger partial charge in [-0.1, -0.05) is 12.1 Å². The standard InChI is InChI=1S/C22H26N6O7P2/c29-11-9-23-22-26-20(25-16-4-6-18(7-5-16)36(31,32)14-37(33,34)35)19-21(27-22)28(13-24-19)10-8-15-2-1-3-17(30)12-15/h1-7,12-13,29-30H,8-11,14H2,(H,31,32)(H2,33,34,35)(H2,23,25,26,27). The van der Waals surface area contributed by atoms with Crippen molar-refractivity contribution < 1.29 is 34.0 Å². The molecule has 37 heavy (non-hydrogen) atoms. The van der Waals surface area contributed by atoms with Crippen molar-refractivity contribution in [3.63, 3.8) is 0 Å². The average molecular weight is 548 g/mol. The molecule has 0 aliphatic carbocycles. The van der Waals surface area contributed by atoms with Gasteiger partial charge in [0.15, 0.2) is 17.0 Å². The molecule has 0 aliphatic heterocycles. The Morgan fingerprint density at radius 1 is 1.00 bits per heavy atom. The Hall–Kier alpha value is -3.31. The van der Waals surface area contributed by atoms with Crippen molar-refractivity contribution in [2.45, 2.75) is 13.0 Å². The number of aliphatic hydroxyl groups is 1. The summed E-state index contributed by atoms with van der Waals surface area (Å²) in [5.41, 5.74) is 2.41. The Labute approximate surface area is 211 Å². The molecular formula is C22H26N6O7P2. The first kappa shape index (κ1) is 26.7. The summed E-state index contributed by atoms with van der Waals surface area (Å²) in [6.45, 7) is 0.622. The van der Waals surface area contributed by atoms with Gasteiger partial charge in [-0.3, -0.25) is 9.13 Å². The van der Waals surface area contributed by atoms with Crippen LogP contribution in [-0.4, -0.2) is 63.5 Å². The second-order valence-corrected chi connectivity index (χ2v) is 12.6. The number of benzene rings is 2. The lowest BCUT2D eigenvalue weighted by Gasteiger charge is -2.14. The molecule has 0 saturated heterocycles. The number of anilines is 3. The highest BCUT2D eigenvalue weighted by Crippen LogP contribution is 2.53. The minimum absolute atomic E-state index is 0.0873. The molecule has 0 saturated carbocycles. The van der Waals surface area contributed by atoms with Crippen LogP contribution >= 0.6 is 15.0 Å². The molecule has 15 heteroatoms. The van der Waals surface area contributed by atoms with E-state index in [0.29, 0.717) is 35.6 Å². The van der Waals surface area contributed by atoms with Gasteiger partial charge >= 0.3 is 7.60 Å². The van der Waals surface area contributed by atoms with E-state index < -0.39 is 20.9 Å². The number of aryl methyl sites for hydroxylation is 2. The van der Waals surface area contributed by atoms with Crippen LogP contribution in [0, 0.1) is 0 Å². The third-order valence-corrected chi connectivity index (χ3v) is 9.43. The predicted molar refractivity (Wildman–Crippen MR) is 139 cm³/mol. The number of aliphatic hydroxyl groups excluding tert-OH is 1. The lowest BCUT2D eigenvalue weighted by atomic mass is 10.1. The molecule has 0 aliphatic rings. The summed E-state index contributed by atoms with van der Waals surface area (Å²) in [6, 6.07) is 12.6. The van der Waals surface area contributed by atoms with E-state index in [1.165, 1.54) is 24.3 Å². The average Bonchev–Trinajstić information content (AvgIpc) is 3.23. The van der Waals surface area contributed by atoms with Gasteiger partial charge in [0, 0.05) is 24.1 Å². The topological polar surface area (TPSA) is 203 Å². The van der Waals surface area contributed by atoms with Crippen molar-refractivity contribution in [2.75, 3.05) is 29.7 Å². The van der Waals surface area contributed by atoms with Crippen LogP contribution in [0.3, 0.4) is 0 Å². The van der Waals surface area contributed by atoms with E-state index >= 15 is 0 Å². The van der Waals surface area contributed by atoms with Gasteiger partial charge in [-0.05, 0) is 48.4 Å². The number of aromatic nitrogens is 4. The van der Waals surface area contributed by atoms with Crippen LogP contribution in [0.15, 0.2) is 54.9 Å². The van der Waals surface area contributed by atoms with Crippen LogP contribution in [0.2, 0.25) is 0 Å². The van der Waals surface area contributed by atoms with Crippen molar-refractivity contribution in [1.29, 1.82) is 0 Å². The first-order valence-electron chi connectivity index (χ1n) is 11.1. The van der Waals surface area contributed by atoms with Gasteiger partial charge in [-0.15, -0.1) is 0 Å². The zero-order valence-corrected chi connectivity index (χ0v) is 21.3. The first-order valence-corrected chi connectivity index (χ1v) is 14.8. The summed E-state index contributed by atoms with van der Waals surface area (Å²) in [5, 5.41) is 24.8. The van der Waals surface area contributed by atoms with E-state index in [2.05, 4.69) is 25.6 Å². The second-order valence-electron chi connectivity index (χ2n) is 8.26. The molecule has 0 fully saturated rings. The highest BCUT2D eigenvalue weighted by atomic mass is 31.2. The summed E-state index contributed by atoms with van der Waals surface area (Å²) in [6.07, 6.45) is 2.24. The predicted octanol–water partition coefficient (Wildman–Crippen LogP) is 1.95. The van der Waals surface area contributed by atoms with E-state index in [1.807, 2.05) is 10.6 Å². The number of fused-ring (bicyclic) bond motifs is 1. The number of hydrogen-bond acceptors (Lipinski definition) is 9. The third kappa shape index (κ3) is 6.92. The largest absolute Gasteiger partial charge is 0.508 e. The Morgan fingerprint density at radius 2 is 1.76 bits per heavy atom. The van der Waals surface area contributed by atoms with Gasteiger partial charge in [0.2, 0.25) is 13.3 Å². The molecule has 1 atom stereocenters. The minimum atomic E-state index is -4.68. The van der Waals surface area contributed by atoms with Gasteiger partial charge in [-0.25, -0.2) is 4.98 Å². The SMILES string of the molecule is O=P(O)(O)CP(=O)(O)c1ccc(Nc2nc(NCCO)nc3c2ncn3CCc2cccc(O)c2)cc1. The molecule has 2 heterocycles. The number of phenols is 1. The quantitative estimate of drug-likeness (QED) is 0.134. The molecule has 2 aromatic heterocycles. The highest BCUT2D eigenvalue weighted by Gasteiger charge is 2.31. The zero-order valence-electron chi connectivity index (χ0n) is 19.5. The first-order chi connectivity index (χ1) is 17.5. The van der Waals surface area contributed by atoms with Gasteiger partial charge < -0.3 is 40.1 Å². The molecule has 13 nitrogen and oxygen atoms in total. The normalized spacial score (nSPS) is 13.4. The van der Waals surface area contributed by atoms with Crippen molar-refractivity contribution in [2.24, 2.45) is 0 Å². The molecule has 4 rings (SSSR count). The molecule has 4 aromatic rings. The number of phenolic OH excluding ortho intramolecular Hbond substituents is 1. The van der Waals surface area contributed by atoms with Crippen LogP contribution < -0.4 is 15.9 Å². The van der Waals surface area contributed by atoms with Crippen LogP contribution in [0.25, 0.3) is 11.2 Å². The van der Waals surface area contributed by atoms with Gasteiger partial charge in [-0.2, -0.15) is 9.97 Å². The molecule has 7 N–H and O–H groups in total. The number of nitrogens with one attached hydrogen (secondary N) is 2. The summed E-state index contributed by atoms with van der Waals surface area (Å²) < 4.78 is 25.4. The number of aromatic hydroxyl groups is 1. The maximum atomic E-state index is 12.4. The number of nitrogens with zero attached hydrogens (tertiary/aromatic N) is 4. The summed E-state index contributed by atoms with van der Waals surface area (Å²) in [4.78, 5) is 41.6. The maximum Gasteiger partial charge on any atom is 0.335 e. The number of hydrogen-bond donors (Lipinski definition) is 7. The lowest BCUT2D eigenvalue weighted by molar-refractivity contribution is 0.311. The molecule has 0 bridgehead atoms. The zero-order chi connectivity index (χ0) is 26.6. The fourth-order valence-electron chi connectivity index (χ4n) is 3.65. The monoisotopic (exact) mass is 548 g/mol. The Morgan fingerprint density at radius 3 is 2.43 bits per heavy atom. The van der Waals surface area contributed by atoms with Crippen LogP contribution in [-0.2, 0) is 22.1 Å². The molecule has 0 spiro atoms. The molecule has 0 amide bonds. The molecule has 196 valence electrons. The smallest absolute Gasteiger partial charge is 0.335 e.